The molecule has 31 heavy (non-hydrogen) atoms. The quantitative estimate of drug-likeness (QED) is 0.499. The summed E-state index contributed by atoms with van der Waals surface area (Å²) in [6.07, 6.45) is 0.524. The summed E-state index contributed by atoms with van der Waals surface area (Å²) in [6.45, 7) is 10.8. The second-order valence-corrected chi connectivity index (χ2v) is 8.82. The highest BCUT2D eigenvalue weighted by Crippen LogP contribution is 2.29. The van der Waals surface area contributed by atoms with Gasteiger partial charge in [-0.3, -0.25) is 9.59 Å². The molecule has 2 amide bonds. The van der Waals surface area contributed by atoms with Gasteiger partial charge in [0.1, 0.15) is 11.8 Å². The zero-order valence-electron chi connectivity index (χ0n) is 19.1. The molecule has 1 unspecified atom stereocenters. The van der Waals surface area contributed by atoms with E-state index in [1.807, 2.05) is 63.2 Å². The van der Waals surface area contributed by atoms with Crippen molar-refractivity contribution in [3.8, 4) is 5.75 Å². The summed E-state index contributed by atoms with van der Waals surface area (Å²) in [5, 5.41) is 2.85. The fourth-order valence-corrected chi connectivity index (χ4v) is 3.95. The van der Waals surface area contributed by atoms with Gasteiger partial charge in [-0.15, -0.1) is 0 Å². The van der Waals surface area contributed by atoms with Crippen LogP contribution in [0.4, 0.5) is 0 Å². The van der Waals surface area contributed by atoms with E-state index in [0.29, 0.717) is 31.2 Å². The fraction of sp³-hybridized carbons (Fsp3) is 0.440. The monoisotopic (exact) mass is 488 g/mol. The van der Waals surface area contributed by atoms with Gasteiger partial charge in [-0.25, -0.2) is 0 Å². The first-order valence-corrected chi connectivity index (χ1v) is 11.6. The van der Waals surface area contributed by atoms with Gasteiger partial charge in [-0.1, -0.05) is 56.7 Å². The van der Waals surface area contributed by atoms with E-state index < -0.39 is 6.04 Å². The Balaban J connectivity index is 2.21. The Bertz CT molecular complexity index is 898. The Kier molecular flexibility index (Phi) is 9.56. The number of halogens is 1. The van der Waals surface area contributed by atoms with Crippen molar-refractivity contribution in [1.82, 2.24) is 10.2 Å². The molecule has 0 spiro atoms. The molecule has 0 aliphatic rings. The van der Waals surface area contributed by atoms with E-state index in [4.69, 9.17) is 4.74 Å². The maximum absolute atomic E-state index is 13.2. The van der Waals surface area contributed by atoms with Crippen LogP contribution in [0, 0.1) is 6.92 Å². The third-order valence-corrected chi connectivity index (χ3v) is 5.77. The number of rotatable bonds is 10. The molecule has 0 aliphatic heterocycles. The smallest absolute Gasteiger partial charge is 0.261 e. The summed E-state index contributed by atoms with van der Waals surface area (Å²) in [5.41, 5.74) is 3.29. The van der Waals surface area contributed by atoms with E-state index >= 15 is 0 Å². The Morgan fingerprint density at radius 3 is 2.45 bits per heavy atom. The van der Waals surface area contributed by atoms with Gasteiger partial charge in [-0.05, 0) is 65.4 Å². The molecule has 1 atom stereocenters. The molecule has 168 valence electrons. The van der Waals surface area contributed by atoms with E-state index in [9.17, 15) is 9.59 Å². The van der Waals surface area contributed by atoms with E-state index in [1.165, 1.54) is 5.56 Å². The molecule has 5 nitrogen and oxygen atoms in total. The largest absolute Gasteiger partial charge is 0.483 e. The lowest BCUT2D eigenvalue weighted by molar-refractivity contribution is -0.142. The third-order valence-electron chi connectivity index (χ3n) is 5.15. The van der Waals surface area contributed by atoms with Gasteiger partial charge in [0, 0.05) is 13.1 Å². The topological polar surface area (TPSA) is 58.6 Å². The number of ether oxygens (including phenoxy) is 1. The van der Waals surface area contributed by atoms with Gasteiger partial charge in [0.25, 0.3) is 5.91 Å². The minimum Gasteiger partial charge on any atom is -0.483 e. The van der Waals surface area contributed by atoms with Gasteiger partial charge >= 0.3 is 0 Å². The number of carbonyl (C=O) groups excluding carboxylic acids is 2. The Hall–Kier alpha value is -2.34. The van der Waals surface area contributed by atoms with Crippen LogP contribution in [0.1, 0.15) is 56.7 Å². The lowest BCUT2D eigenvalue weighted by atomic mass is 10.0. The highest BCUT2D eigenvalue weighted by atomic mass is 79.9. The van der Waals surface area contributed by atoms with Crippen LogP contribution in [0.5, 0.6) is 5.75 Å². The molecule has 0 heterocycles. The SMILES string of the molecule is CCNC(=O)C(CC)N(Cc1cccc(C)c1)C(=O)COc1ccc(C(C)C)cc1Br. The van der Waals surface area contributed by atoms with Crippen LogP contribution in [0.2, 0.25) is 0 Å². The van der Waals surface area contributed by atoms with Crippen molar-refractivity contribution >= 4 is 27.7 Å². The fourth-order valence-electron chi connectivity index (χ4n) is 3.43. The molecule has 1 N–H and O–H groups in total. The number of nitrogens with one attached hydrogen (secondary N) is 1. The van der Waals surface area contributed by atoms with Crippen molar-refractivity contribution in [1.29, 1.82) is 0 Å². The van der Waals surface area contributed by atoms with Crippen molar-refractivity contribution in [3.05, 3.63) is 63.6 Å². The normalized spacial score (nSPS) is 11.8. The molecule has 0 aromatic heterocycles. The molecule has 0 radical (unpaired) electrons. The van der Waals surface area contributed by atoms with Crippen molar-refractivity contribution < 1.29 is 14.3 Å². The van der Waals surface area contributed by atoms with Crippen molar-refractivity contribution in [2.24, 2.45) is 0 Å². The van der Waals surface area contributed by atoms with Gasteiger partial charge in [0.05, 0.1) is 4.47 Å². The average Bonchev–Trinajstić information content (AvgIpc) is 2.72. The van der Waals surface area contributed by atoms with Crippen LogP contribution in [-0.4, -0.2) is 35.9 Å². The van der Waals surface area contributed by atoms with Gasteiger partial charge in [0.15, 0.2) is 6.61 Å². The first-order valence-electron chi connectivity index (χ1n) is 10.8. The minimum atomic E-state index is -0.552. The number of amides is 2. The number of nitrogens with zero attached hydrogens (tertiary/aromatic N) is 1. The molecule has 2 rings (SSSR count). The van der Waals surface area contributed by atoms with Gasteiger partial charge in [-0.2, -0.15) is 0 Å². The summed E-state index contributed by atoms with van der Waals surface area (Å²) < 4.78 is 6.65. The first kappa shape index (κ1) is 24.9. The zero-order chi connectivity index (χ0) is 23.0. The summed E-state index contributed by atoms with van der Waals surface area (Å²) in [5.74, 6) is 0.645. The maximum atomic E-state index is 13.2. The van der Waals surface area contributed by atoms with E-state index in [0.717, 1.165) is 15.6 Å². The molecule has 2 aromatic carbocycles. The van der Waals surface area contributed by atoms with E-state index in [1.54, 1.807) is 4.90 Å². The minimum absolute atomic E-state index is 0.138. The highest BCUT2D eigenvalue weighted by molar-refractivity contribution is 9.10. The van der Waals surface area contributed by atoms with Crippen LogP contribution in [-0.2, 0) is 16.1 Å². The number of hydrogen-bond acceptors (Lipinski definition) is 3. The van der Waals surface area contributed by atoms with E-state index in [-0.39, 0.29) is 18.4 Å². The number of likely N-dealkylation sites (N-methyl/N-ethyl adjacent to an activating group) is 1. The molecule has 0 saturated carbocycles. The second kappa shape index (κ2) is 11.9. The van der Waals surface area contributed by atoms with Crippen LogP contribution < -0.4 is 10.1 Å². The lowest BCUT2D eigenvalue weighted by Gasteiger charge is -2.30. The average molecular weight is 489 g/mol. The molecule has 0 bridgehead atoms. The second-order valence-electron chi connectivity index (χ2n) is 7.96. The molecular formula is C25H33BrN2O3. The molecule has 6 heteroatoms. The number of carbonyl (C=O) groups is 2. The van der Waals surface area contributed by atoms with Crippen molar-refractivity contribution in [2.45, 2.75) is 59.5 Å². The predicted octanol–water partition coefficient (Wildman–Crippen LogP) is 5.20. The van der Waals surface area contributed by atoms with Gasteiger partial charge < -0.3 is 15.0 Å². The summed E-state index contributed by atoms with van der Waals surface area (Å²) >= 11 is 3.54. The lowest BCUT2D eigenvalue weighted by Crippen LogP contribution is -2.50. The Labute approximate surface area is 194 Å². The standard InChI is InChI=1S/C25H33BrN2O3/c1-6-22(25(30)27-7-2)28(15-19-10-8-9-18(5)13-19)24(29)16-31-23-12-11-20(17(3)4)14-21(23)26/h8-14,17,22H,6-7,15-16H2,1-5H3,(H,27,30). The van der Waals surface area contributed by atoms with Gasteiger partial charge in [0.2, 0.25) is 5.91 Å². The molecule has 0 saturated heterocycles. The predicted molar refractivity (Wildman–Crippen MR) is 128 cm³/mol. The molecule has 0 fully saturated rings. The maximum Gasteiger partial charge on any atom is 0.261 e. The van der Waals surface area contributed by atoms with Crippen LogP contribution in [0.25, 0.3) is 0 Å². The van der Waals surface area contributed by atoms with Crippen molar-refractivity contribution in [3.63, 3.8) is 0 Å². The summed E-state index contributed by atoms with van der Waals surface area (Å²) in [6, 6.07) is 13.3. The van der Waals surface area contributed by atoms with Crippen molar-refractivity contribution in [2.75, 3.05) is 13.2 Å². The number of hydrogen-bond donors (Lipinski definition) is 1. The Morgan fingerprint density at radius 1 is 1.13 bits per heavy atom. The highest BCUT2D eigenvalue weighted by Gasteiger charge is 2.28. The number of aryl methyl sites for hydroxylation is 1. The third kappa shape index (κ3) is 7.10. The molecule has 2 aromatic rings. The van der Waals surface area contributed by atoms with Crippen LogP contribution >= 0.6 is 15.9 Å². The van der Waals surface area contributed by atoms with Crippen LogP contribution in [0.15, 0.2) is 46.9 Å². The molecule has 0 aliphatic carbocycles. The Morgan fingerprint density at radius 2 is 1.87 bits per heavy atom. The first-order chi connectivity index (χ1) is 14.8. The summed E-state index contributed by atoms with van der Waals surface area (Å²) in [4.78, 5) is 27.5. The zero-order valence-corrected chi connectivity index (χ0v) is 20.7. The van der Waals surface area contributed by atoms with Crippen LogP contribution in [0.3, 0.4) is 0 Å². The molecular weight excluding hydrogens is 456 g/mol. The number of benzene rings is 2. The van der Waals surface area contributed by atoms with E-state index in [2.05, 4.69) is 35.1 Å². The summed E-state index contributed by atoms with van der Waals surface area (Å²) in [7, 11) is 0.